The van der Waals surface area contributed by atoms with Crippen molar-refractivity contribution in [3.05, 3.63) is 59.7 Å². The van der Waals surface area contributed by atoms with E-state index in [1.807, 2.05) is 30.3 Å². The van der Waals surface area contributed by atoms with Crippen LogP contribution in [0.25, 0.3) is 0 Å². The molecular formula is C18H14O5. The summed E-state index contributed by atoms with van der Waals surface area (Å²) < 4.78 is 21.3. The van der Waals surface area contributed by atoms with Crippen LogP contribution in [0.1, 0.15) is 17.0 Å². The summed E-state index contributed by atoms with van der Waals surface area (Å²) in [7, 11) is 1.61. The van der Waals surface area contributed by atoms with Crippen molar-refractivity contribution in [3.63, 3.8) is 0 Å². The summed E-state index contributed by atoms with van der Waals surface area (Å²) in [4.78, 5) is 12.1. The summed E-state index contributed by atoms with van der Waals surface area (Å²) in [5.41, 5.74) is 2.16. The molecule has 0 aromatic heterocycles. The van der Waals surface area contributed by atoms with Crippen molar-refractivity contribution >= 4 is 5.97 Å². The predicted octanol–water partition coefficient (Wildman–Crippen LogP) is 3.03. The molecule has 2 aliphatic rings. The molecular weight excluding hydrogens is 296 g/mol. The average molecular weight is 310 g/mol. The number of rotatable bonds is 2. The topological polar surface area (TPSA) is 54.0 Å². The molecule has 2 aromatic rings. The molecule has 0 bridgehead atoms. The highest BCUT2D eigenvalue weighted by molar-refractivity contribution is 5.95. The Morgan fingerprint density at radius 3 is 2.48 bits per heavy atom. The monoisotopic (exact) mass is 310 g/mol. The molecule has 4 rings (SSSR count). The maximum Gasteiger partial charge on any atom is 0.339 e. The number of ether oxygens (including phenoxy) is 4. The number of carbonyl (C=O) groups is 1. The maximum absolute atomic E-state index is 12.1. The van der Waals surface area contributed by atoms with Gasteiger partial charge in [0.2, 0.25) is 6.79 Å². The van der Waals surface area contributed by atoms with Gasteiger partial charge in [0, 0.05) is 23.1 Å². The van der Waals surface area contributed by atoms with Crippen LogP contribution in [-0.2, 0) is 4.79 Å². The van der Waals surface area contributed by atoms with Crippen LogP contribution in [-0.4, -0.2) is 19.9 Å². The molecule has 1 atom stereocenters. The van der Waals surface area contributed by atoms with Crippen LogP contribution in [0.5, 0.6) is 23.0 Å². The molecule has 0 amide bonds. The normalized spacial score (nSPS) is 18.4. The van der Waals surface area contributed by atoms with E-state index in [1.165, 1.54) is 0 Å². The van der Waals surface area contributed by atoms with Crippen LogP contribution < -0.4 is 18.9 Å². The highest BCUT2D eigenvalue weighted by Gasteiger charge is 2.34. The number of methoxy groups -OCH3 is 1. The summed E-state index contributed by atoms with van der Waals surface area (Å²) in [5, 5.41) is 0. The van der Waals surface area contributed by atoms with Crippen molar-refractivity contribution in [2.45, 2.75) is 5.92 Å². The van der Waals surface area contributed by atoms with Crippen molar-refractivity contribution in [1.82, 2.24) is 0 Å². The van der Waals surface area contributed by atoms with Crippen molar-refractivity contribution in [1.29, 1.82) is 0 Å². The van der Waals surface area contributed by atoms with E-state index in [4.69, 9.17) is 18.9 Å². The lowest BCUT2D eigenvalue weighted by Crippen LogP contribution is -2.23. The number of fused-ring (bicyclic) bond motifs is 2. The van der Waals surface area contributed by atoms with Gasteiger partial charge < -0.3 is 18.9 Å². The second-order valence-electron chi connectivity index (χ2n) is 5.36. The Bertz CT molecular complexity index is 807. The van der Waals surface area contributed by atoms with Gasteiger partial charge in [0.25, 0.3) is 0 Å². The Hall–Kier alpha value is -2.95. The first kappa shape index (κ1) is 13.7. The molecule has 5 heteroatoms. The van der Waals surface area contributed by atoms with Crippen molar-refractivity contribution < 1.29 is 23.7 Å². The van der Waals surface area contributed by atoms with Crippen LogP contribution in [0.15, 0.2) is 48.6 Å². The minimum atomic E-state index is -0.433. The van der Waals surface area contributed by atoms with E-state index >= 15 is 0 Å². The minimum Gasteiger partial charge on any atom is -0.497 e. The Balaban J connectivity index is 1.85. The highest BCUT2D eigenvalue weighted by Crippen LogP contribution is 2.47. The van der Waals surface area contributed by atoms with Gasteiger partial charge in [-0.15, -0.1) is 0 Å². The van der Waals surface area contributed by atoms with E-state index in [0.29, 0.717) is 22.8 Å². The third kappa shape index (κ3) is 2.12. The van der Waals surface area contributed by atoms with Crippen LogP contribution in [0, 0.1) is 0 Å². The molecule has 23 heavy (non-hydrogen) atoms. The summed E-state index contributed by atoms with van der Waals surface area (Å²) in [6.07, 6.45) is 0. The number of hydrogen-bond acceptors (Lipinski definition) is 5. The molecule has 0 radical (unpaired) electrons. The van der Waals surface area contributed by atoms with Crippen LogP contribution in [0.3, 0.4) is 0 Å². The summed E-state index contributed by atoms with van der Waals surface area (Å²) in [6, 6.07) is 11.1. The second kappa shape index (κ2) is 5.05. The van der Waals surface area contributed by atoms with Crippen LogP contribution in [0.4, 0.5) is 0 Å². The smallest absolute Gasteiger partial charge is 0.339 e. The second-order valence-corrected chi connectivity index (χ2v) is 5.36. The fourth-order valence-electron chi connectivity index (χ4n) is 2.90. The van der Waals surface area contributed by atoms with E-state index < -0.39 is 5.97 Å². The predicted molar refractivity (Wildman–Crippen MR) is 82.2 cm³/mol. The molecule has 5 nitrogen and oxygen atoms in total. The zero-order valence-electron chi connectivity index (χ0n) is 12.5. The number of esters is 1. The lowest BCUT2D eigenvalue weighted by atomic mass is 9.83. The average Bonchev–Trinajstić information content (AvgIpc) is 3.02. The van der Waals surface area contributed by atoms with Gasteiger partial charge in [-0.05, 0) is 23.8 Å². The third-order valence-electron chi connectivity index (χ3n) is 4.08. The zero-order chi connectivity index (χ0) is 16.0. The Morgan fingerprint density at radius 2 is 1.78 bits per heavy atom. The van der Waals surface area contributed by atoms with Gasteiger partial charge in [0.1, 0.15) is 11.5 Å². The molecule has 0 fully saturated rings. The number of carbonyl (C=O) groups excluding carboxylic acids is 1. The molecule has 2 heterocycles. The minimum absolute atomic E-state index is 0.167. The van der Waals surface area contributed by atoms with Crippen molar-refractivity contribution in [2.75, 3.05) is 13.9 Å². The fraction of sp³-hybridized carbons (Fsp3) is 0.167. The highest BCUT2D eigenvalue weighted by atomic mass is 16.7. The lowest BCUT2D eigenvalue weighted by Gasteiger charge is -2.27. The van der Waals surface area contributed by atoms with Gasteiger partial charge in [-0.3, -0.25) is 0 Å². The first-order valence-corrected chi connectivity index (χ1v) is 7.16. The Morgan fingerprint density at radius 1 is 1.09 bits per heavy atom. The van der Waals surface area contributed by atoms with E-state index in [9.17, 15) is 4.79 Å². The van der Waals surface area contributed by atoms with Crippen molar-refractivity contribution in [2.24, 2.45) is 0 Å². The zero-order valence-corrected chi connectivity index (χ0v) is 12.5. The van der Waals surface area contributed by atoms with Gasteiger partial charge >= 0.3 is 5.97 Å². The van der Waals surface area contributed by atoms with E-state index in [1.54, 1.807) is 13.2 Å². The summed E-state index contributed by atoms with van der Waals surface area (Å²) >= 11 is 0. The Kier molecular flexibility index (Phi) is 3.01. The SMILES string of the molecule is C=C1C(=O)Oc2cc3c(cc2C1c1ccc(OC)cc1)OCO3. The summed E-state index contributed by atoms with van der Waals surface area (Å²) in [6.45, 7) is 4.08. The van der Waals surface area contributed by atoms with Gasteiger partial charge in [0.15, 0.2) is 11.5 Å². The van der Waals surface area contributed by atoms with Gasteiger partial charge in [-0.25, -0.2) is 4.79 Å². The van der Waals surface area contributed by atoms with Crippen molar-refractivity contribution in [3.8, 4) is 23.0 Å². The first-order valence-electron chi connectivity index (χ1n) is 7.16. The quantitative estimate of drug-likeness (QED) is 0.485. The van der Waals surface area contributed by atoms with Crippen LogP contribution >= 0.6 is 0 Å². The standard InChI is InChI=1S/C18H14O5/c1-10-17(11-3-5-12(20-2)6-4-11)13-7-15-16(22-9-21-15)8-14(13)23-18(10)19/h3-8,17H,1,9H2,2H3. The molecule has 116 valence electrons. The summed E-state index contributed by atoms with van der Waals surface area (Å²) in [5.74, 6) is 1.74. The van der Waals surface area contributed by atoms with E-state index in [0.717, 1.165) is 16.9 Å². The van der Waals surface area contributed by atoms with Crippen LogP contribution in [0.2, 0.25) is 0 Å². The van der Waals surface area contributed by atoms with E-state index in [2.05, 4.69) is 6.58 Å². The van der Waals surface area contributed by atoms with Gasteiger partial charge in [-0.2, -0.15) is 0 Å². The molecule has 2 aromatic carbocycles. The number of benzene rings is 2. The van der Waals surface area contributed by atoms with E-state index in [-0.39, 0.29) is 12.7 Å². The fourth-order valence-corrected chi connectivity index (χ4v) is 2.90. The maximum atomic E-state index is 12.1. The lowest BCUT2D eigenvalue weighted by molar-refractivity contribution is -0.131. The number of hydrogen-bond donors (Lipinski definition) is 0. The third-order valence-corrected chi connectivity index (χ3v) is 4.08. The molecule has 0 saturated carbocycles. The molecule has 0 spiro atoms. The largest absolute Gasteiger partial charge is 0.497 e. The molecule has 0 saturated heterocycles. The molecule has 2 aliphatic heterocycles. The first-order chi connectivity index (χ1) is 11.2. The van der Waals surface area contributed by atoms with Gasteiger partial charge in [0.05, 0.1) is 7.11 Å². The van der Waals surface area contributed by atoms with Gasteiger partial charge in [-0.1, -0.05) is 18.7 Å². The Labute approximate surface area is 133 Å². The molecule has 0 aliphatic carbocycles. The molecule has 1 unspecified atom stereocenters. The molecule has 0 N–H and O–H groups in total.